The Hall–Kier alpha value is -1.10. The smallest absolute Gasteiger partial charge is 0.303 e. The number of aliphatic carboxylic acids is 1. The summed E-state index contributed by atoms with van der Waals surface area (Å²) in [5.41, 5.74) is 0. The van der Waals surface area contributed by atoms with Gasteiger partial charge < -0.3 is 14.7 Å². The first-order valence-electron chi connectivity index (χ1n) is 8.06. The standard InChI is InChI=1S/C16H27NO4/c1-10-11(2)21-12(3)15(10)16(20)17-8-4-5-13(9-17)6-7-14(18)19/h10-13,15H,4-9H2,1-3H3,(H,18,19). The third-order valence-electron chi connectivity index (χ3n) is 5.12. The molecule has 2 saturated heterocycles. The van der Waals surface area contributed by atoms with Crippen molar-refractivity contribution in [1.29, 1.82) is 0 Å². The third-order valence-corrected chi connectivity index (χ3v) is 5.12. The van der Waals surface area contributed by atoms with Crippen LogP contribution in [0.3, 0.4) is 0 Å². The zero-order valence-electron chi connectivity index (χ0n) is 13.2. The van der Waals surface area contributed by atoms with Crippen molar-refractivity contribution in [1.82, 2.24) is 4.90 Å². The first kappa shape index (κ1) is 16.3. The number of carbonyl (C=O) groups is 2. The van der Waals surface area contributed by atoms with Gasteiger partial charge in [0, 0.05) is 19.5 Å². The van der Waals surface area contributed by atoms with Gasteiger partial charge in [0.25, 0.3) is 0 Å². The molecule has 2 rings (SSSR count). The van der Waals surface area contributed by atoms with Crippen molar-refractivity contribution in [2.45, 2.75) is 58.7 Å². The third kappa shape index (κ3) is 3.76. The van der Waals surface area contributed by atoms with Crippen LogP contribution in [0.1, 0.15) is 46.5 Å². The molecule has 1 N–H and O–H groups in total. The molecule has 0 aromatic rings. The number of hydrogen-bond acceptors (Lipinski definition) is 3. The summed E-state index contributed by atoms with van der Waals surface area (Å²) in [4.78, 5) is 25.4. The van der Waals surface area contributed by atoms with Gasteiger partial charge in [0.05, 0.1) is 18.1 Å². The number of carboxylic acid groups (broad SMARTS) is 1. The molecule has 5 heteroatoms. The van der Waals surface area contributed by atoms with Gasteiger partial charge in [0.15, 0.2) is 0 Å². The summed E-state index contributed by atoms with van der Waals surface area (Å²) in [6.07, 6.45) is 2.97. The summed E-state index contributed by atoms with van der Waals surface area (Å²) >= 11 is 0. The van der Waals surface area contributed by atoms with Crippen molar-refractivity contribution in [2.24, 2.45) is 17.8 Å². The van der Waals surface area contributed by atoms with Gasteiger partial charge in [-0.25, -0.2) is 0 Å². The molecule has 2 aliphatic heterocycles. The van der Waals surface area contributed by atoms with Gasteiger partial charge in [0.2, 0.25) is 5.91 Å². The van der Waals surface area contributed by atoms with Gasteiger partial charge in [-0.1, -0.05) is 6.92 Å². The van der Waals surface area contributed by atoms with E-state index in [1.165, 1.54) is 0 Å². The van der Waals surface area contributed by atoms with Gasteiger partial charge in [-0.2, -0.15) is 0 Å². The number of carbonyl (C=O) groups excluding carboxylic acids is 1. The number of ether oxygens (including phenoxy) is 1. The van der Waals surface area contributed by atoms with Crippen LogP contribution in [-0.2, 0) is 14.3 Å². The van der Waals surface area contributed by atoms with Crippen LogP contribution in [-0.4, -0.2) is 47.2 Å². The van der Waals surface area contributed by atoms with E-state index in [1.54, 1.807) is 0 Å². The molecule has 5 unspecified atom stereocenters. The largest absolute Gasteiger partial charge is 0.481 e. The van der Waals surface area contributed by atoms with Crippen LogP contribution in [0.4, 0.5) is 0 Å². The molecule has 0 aromatic heterocycles. The first-order chi connectivity index (χ1) is 9.90. The maximum atomic E-state index is 12.8. The molecule has 2 aliphatic rings. The maximum absolute atomic E-state index is 12.8. The second-order valence-corrected chi connectivity index (χ2v) is 6.66. The topological polar surface area (TPSA) is 66.8 Å². The van der Waals surface area contributed by atoms with E-state index in [4.69, 9.17) is 9.84 Å². The van der Waals surface area contributed by atoms with E-state index >= 15 is 0 Å². The SMILES string of the molecule is CC1OC(C)C(C(=O)N2CCCC(CCC(=O)O)C2)C1C. The molecular formula is C16H27NO4. The number of amides is 1. The van der Waals surface area contributed by atoms with E-state index < -0.39 is 5.97 Å². The predicted molar refractivity (Wildman–Crippen MR) is 78.8 cm³/mol. The second-order valence-electron chi connectivity index (χ2n) is 6.66. The fourth-order valence-corrected chi connectivity index (χ4v) is 3.73. The number of nitrogens with zero attached hydrogens (tertiary/aromatic N) is 1. The molecule has 0 bridgehead atoms. The summed E-state index contributed by atoms with van der Waals surface area (Å²) < 4.78 is 5.78. The van der Waals surface area contributed by atoms with Crippen molar-refractivity contribution < 1.29 is 19.4 Å². The molecule has 2 heterocycles. The Kier molecular flexibility index (Phi) is 5.25. The van der Waals surface area contributed by atoms with Crippen LogP contribution in [0.25, 0.3) is 0 Å². The molecule has 2 fully saturated rings. The van der Waals surface area contributed by atoms with Crippen molar-refractivity contribution >= 4 is 11.9 Å². The van der Waals surface area contributed by atoms with Crippen LogP contribution in [0.2, 0.25) is 0 Å². The van der Waals surface area contributed by atoms with Crippen molar-refractivity contribution in [3.63, 3.8) is 0 Å². The quantitative estimate of drug-likeness (QED) is 0.863. The van der Waals surface area contributed by atoms with Crippen molar-refractivity contribution in [3.05, 3.63) is 0 Å². The average molecular weight is 297 g/mol. The minimum absolute atomic E-state index is 0.0260. The predicted octanol–water partition coefficient (Wildman–Crippen LogP) is 2.15. The molecule has 0 spiro atoms. The zero-order valence-corrected chi connectivity index (χ0v) is 13.2. The monoisotopic (exact) mass is 297 g/mol. The van der Waals surface area contributed by atoms with Crippen molar-refractivity contribution in [3.8, 4) is 0 Å². The van der Waals surface area contributed by atoms with Crippen LogP contribution in [0.15, 0.2) is 0 Å². The highest BCUT2D eigenvalue weighted by atomic mass is 16.5. The van der Waals surface area contributed by atoms with E-state index in [9.17, 15) is 9.59 Å². The lowest BCUT2D eigenvalue weighted by molar-refractivity contribution is -0.140. The number of carboxylic acids is 1. The van der Waals surface area contributed by atoms with E-state index in [2.05, 4.69) is 6.92 Å². The van der Waals surface area contributed by atoms with Crippen LogP contribution < -0.4 is 0 Å². The van der Waals surface area contributed by atoms with E-state index in [-0.39, 0.29) is 36.4 Å². The Bertz CT molecular complexity index is 398. The minimum atomic E-state index is -0.751. The van der Waals surface area contributed by atoms with Gasteiger partial charge in [-0.15, -0.1) is 0 Å². The Morgan fingerprint density at radius 1 is 1.24 bits per heavy atom. The maximum Gasteiger partial charge on any atom is 0.303 e. The minimum Gasteiger partial charge on any atom is -0.481 e. The molecule has 1 amide bonds. The van der Waals surface area contributed by atoms with Crippen LogP contribution in [0, 0.1) is 17.8 Å². The molecule has 0 radical (unpaired) electrons. The van der Waals surface area contributed by atoms with Crippen LogP contribution >= 0.6 is 0 Å². The molecule has 120 valence electrons. The van der Waals surface area contributed by atoms with Gasteiger partial charge in [0.1, 0.15) is 0 Å². The highest BCUT2D eigenvalue weighted by Crippen LogP contribution is 2.34. The van der Waals surface area contributed by atoms with Gasteiger partial charge >= 0.3 is 5.97 Å². The lowest BCUT2D eigenvalue weighted by Crippen LogP contribution is -2.46. The van der Waals surface area contributed by atoms with E-state index in [0.29, 0.717) is 18.9 Å². The Morgan fingerprint density at radius 2 is 1.95 bits per heavy atom. The lowest BCUT2D eigenvalue weighted by Gasteiger charge is -2.35. The molecule has 0 aromatic carbocycles. The molecule has 0 aliphatic carbocycles. The normalized spacial score (nSPS) is 36.7. The fraction of sp³-hybridized carbons (Fsp3) is 0.875. The molecule has 5 nitrogen and oxygen atoms in total. The van der Waals surface area contributed by atoms with Gasteiger partial charge in [-0.05, 0) is 44.9 Å². The highest BCUT2D eigenvalue weighted by Gasteiger charge is 2.43. The summed E-state index contributed by atoms with van der Waals surface area (Å²) in [6, 6.07) is 0. The Morgan fingerprint density at radius 3 is 2.52 bits per heavy atom. The van der Waals surface area contributed by atoms with Crippen molar-refractivity contribution in [2.75, 3.05) is 13.1 Å². The summed E-state index contributed by atoms with van der Waals surface area (Å²) in [5.74, 6) is -0.0487. The highest BCUT2D eigenvalue weighted by molar-refractivity contribution is 5.80. The van der Waals surface area contributed by atoms with E-state index in [1.807, 2.05) is 18.7 Å². The Labute approximate surface area is 126 Å². The number of piperidine rings is 1. The van der Waals surface area contributed by atoms with Crippen LogP contribution in [0.5, 0.6) is 0 Å². The molecular weight excluding hydrogens is 270 g/mol. The lowest BCUT2D eigenvalue weighted by atomic mass is 9.86. The second kappa shape index (κ2) is 6.77. The summed E-state index contributed by atoms with van der Waals surface area (Å²) in [5, 5.41) is 8.79. The molecule has 0 saturated carbocycles. The molecule has 5 atom stereocenters. The number of hydrogen-bond donors (Lipinski definition) is 1. The van der Waals surface area contributed by atoms with E-state index in [0.717, 1.165) is 19.4 Å². The Balaban J connectivity index is 1.94. The fourth-order valence-electron chi connectivity index (χ4n) is 3.73. The number of rotatable bonds is 4. The summed E-state index contributed by atoms with van der Waals surface area (Å²) in [6.45, 7) is 7.60. The number of likely N-dealkylation sites (tertiary alicyclic amines) is 1. The average Bonchev–Trinajstić information content (AvgIpc) is 2.69. The molecule has 21 heavy (non-hydrogen) atoms. The zero-order chi connectivity index (χ0) is 15.6. The first-order valence-corrected chi connectivity index (χ1v) is 8.06. The summed E-state index contributed by atoms with van der Waals surface area (Å²) in [7, 11) is 0. The van der Waals surface area contributed by atoms with Gasteiger partial charge in [-0.3, -0.25) is 9.59 Å².